The first-order chi connectivity index (χ1) is 12.8. The van der Waals surface area contributed by atoms with Gasteiger partial charge in [0.25, 0.3) is 0 Å². The highest BCUT2D eigenvalue weighted by atomic mass is 16.5. The van der Waals surface area contributed by atoms with Crippen LogP contribution in [0, 0.1) is 0 Å². The molecule has 0 aliphatic carbocycles. The van der Waals surface area contributed by atoms with E-state index in [2.05, 4.69) is 29.7 Å². The van der Waals surface area contributed by atoms with Crippen molar-refractivity contribution in [1.82, 2.24) is 10.6 Å². The van der Waals surface area contributed by atoms with Crippen LogP contribution in [0.15, 0.2) is 29.3 Å². The fourth-order valence-electron chi connectivity index (χ4n) is 2.74. The number of guanidine groups is 1. The molecule has 1 heterocycles. The fourth-order valence-corrected chi connectivity index (χ4v) is 2.74. The molecule has 26 heavy (non-hydrogen) atoms. The molecule has 0 bridgehead atoms. The molecule has 0 amide bonds. The van der Waals surface area contributed by atoms with Crippen LogP contribution in [-0.4, -0.2) is 51.6 Å². The van der Waals surface area contributed by atoms with E-state index in [1.54, 1.807) is 0 Å². The predicted molar refractivity (Wildman–Crippen MR) is 104 cm³/mol. The molecule has 1 aliphatic rings. The third-order valence-electron chi connectivity index (χ3n) is 4.19. The number of benzene rings is 1. The minimum atomic E-state index is 0.277. The normalized spacial score (nSPS) is 17.5. The molecular weight excluding hydrogens is 330 g/mol. The largest absolute Gasteiger partial charge is 0.379 e. The van der Waals surface area contributed by atoms with Gasteiger partial charge in [-0.25, -0.2) is 4.99 Å². The topological polar surface area (TPSA) is 64.1 Å². The molecule has 6 heteroatoms. The summed E-state index contributed by atoms with van der Waals surface area (Å²) >= 11 is 0. The Balaban J connectivity index is 1.76. The number of rotatable bonds is 11. The van der Waals surface area contributed by atoms with E-state index in [9.17, 15) is 0 Å². The van der Waals surface area contributed by atoms with Crippen LogP contribution in [0.25, 0.3) is 0 Å². The highest BCUT2D eigenvalue weighted by molar-refractivity contribution is 5.79. The van der Waals surface area contributed by atoms with Gasteiger partial charge in [0.05, 0.1) is 25.9 Å². The second-order valence-electron chi connectivity index (χ2n) is 6.24. The van der Waals surface area contributed by atoms with Crippen LogP contribution in [0.1, 0.15) is 37.8 Å². The van der Waals surface area contributed by atoms with E-state index in [1.165, 1.54) is 11.1 Å². The second kappa shape index (κ2) is 12.7. The number of nitrogens with zero attached hydrogens (tertiary/aromatic N) is 1. The van der Waals surface area contributed by atoms with Gasteiger partial charge in [-0.15, -0.1) is 0 Å². The third kappa shape index (κ3) is 7.72. The van der Waals surface area contributed by atoms with Crippen molar-refractivity contribution in [3.8, 4) is 0 Å². The first kappa shape index (κ1) is 20.7. The molecule has 0 radical (unpaired) electrons. The molecule has 1 aliphatic heterocycles. The lowest BCUT2D eigenvalue weighted by atomic mass is 10.1. The van der Waals surface area contributed by atoms with Gasteiger partial charge in [0.15, 0.2) is 5.96 Å². The maximum atomic E-state index is 5.79. The van der Waals surface area contributed by atoms with Gasteiger partial charge < -0.3 is 24.8 Å². The fraction of sp³-hybridized carbons (Fsp3) is 0.650. The van der Waals surface area contributed by atoms with Gasteiger partial charge in [0.2, 0.25) is 0 Å². The molecule has 2 N–H and O–H groups in total. The van der Waals surface area contributed by atoms with Crippen molar-refractivity contribution in [3.05, 3.63) is 35.4 Å². The van der Waals surface area contributed by atoms with E-state index in [0.717, 1.165) is 58.3 Å². The van der Waals surface area contributed by atoms with E-state index in [0.29, 0.717) is 13.2 Å². The molecule has 1 saturated heterocycles. The molecule has 0 aromatic heterocycles. The van der Waals surface area contributed by atoms with Gasteiger partial charge in [0, 0.05) is 32.9 Å². The van der Waals surface area contributed by atoms with Crippen molar-refractivity contribution in [3.63, 3.8) is 0 Å². The molecule has 146 valence electrons. The smallest absolute Gasteiger partial charge is 0.191 e. The van der Waals surface area contributed by atoms with Gasteiger partial charge in [-0.05, 0) is 37.8 Å². The van der Waals surface area contributed by atoms with Crippen molar-refractivity contribution in [2.45, 2.75) is 45.9 Å². The molecule has 0 spiro atoms. The Hall–Kier alpha value is -1.63. The van der Waals surface area contributed by atoms with Crippen molar-refractivity contribution in [2.75, 3.05) is 39.5 Å². The average molecular weight is 364 g/mol. The van der Waals surface area contributed by atoms with E-state index in [-0.39, 0.29) is 6.10 Å². The maximum absolute atomic E-state index is 5.79. The average Bonchev–Trinajstić information content (AvgIpc) is 3.18. The predicted octanol–water partition coefficient (Wildman–Crippen LogP) is 2.47. The quantitative estimate of drug-likeness (QED) is 0.359. The van der Waals surface area contributed by atoms with Crippen molar-refractivity contribution >= 4 is 5.96 Å². The highest BCUT2D eigenvalue weighted by Crippen LogP contribution is 2.11. The van der Waals surface area contributed by atoms with Gasteiger partial charge in [0.1, 0.15) is 0 Å². The lowest BCUT2D eigenvalue weighted by Crippen LogP contribution is -2.38. The van der Waals surface area contributed by atoms with Crippen LogP contribution in [0.5, 0.6) is 0 Å². The second-order valence-corrected chi connectivity index (χ2v) is 6.24. The summed E-state index contributed by atoms with van der Waals surface area (Å²) in [6.07, 6.45) is 2.24. The lowest BCUT2D eigenvalue weighted by molar-refractivity contribution is 0.0420. The number of hydrogen-bond acceptors (Lipinski definition) is 4. The summed E-state index contributed by atoms with van der Waals surface area (Å²) < 4.78 is 16.6. The SMILES string of the molecule is CCNC(=NCc1ccccc1COCC)NCCCOC1CCOC1. The Kier molecular flexibility index (Phi) is 10.1. The van der Waals surface area contributed by atoms with Crippen molar-refractivity contribution in [2.24, 2.45) is 4.99 Å². The van der Waals surface area contributed by atoms with Crippen LogP contribution < -0.4 is 10.6 Å². The number of nitrogens with one attached hydrogen (secondary N) is 2. The Morgan fingerprint density at radius 1 is 1.23 bits per heavy atom. The maximum Gasteiger partial charge on any atom is 0.191 e. The van der Waals surface area contributed by atoms with Crippen molar-refractivity contribution < 1.29 is 14.2 Å². The zero-order valence-corrected chi connectivity index (χ0v) is 16.1. The summed E-state index contributed by atoms with van der Waals surface area (Å²) in [7, 11) is 0. The number of aliphatic imine (C=N–C) groups is 1. The van der Waals surface area contributed by atoms with E-state index in [4.69, 9.17) is 19.2 Å². The van der Waals surface area contributed by atoms with E-state index >= 15 is 0 Å². The minimum Gasteiger partial charge on any atom is -0.379 e. The number of hydrogen-bond donors (Lipinski definition) is 2. The van der Waals surface area contributed by atoms with E-state index < -0.39 is 0 Å². The Morgan fingerprint density at radius 2 is 2.08 bits per heavy atom. The summed E-state index contributed by atoms with van der Waals surface area (Å²) in [5, 5.41) is 6.67. The first-order valence-corrected chi connectivity index (χ1v) is 9.69. The van der Waals surface area contributed by atoms with Gasteiger partial charge in [-0.1, -0.05) is 24.3 Å². The highest BCUT2D eigenvalue weighted by Gasteiger charge is 2.15. The zero-order valence-electron chi connectivity index (χ0n) is 16.1. The summed E-state index contributed by atoms with van der Waals surface area (Å²) in [5.41, 5.74) is 2.39. The first-order valence-electron chi connectivity index (χ1n) is 9.69. The Bertz CT molecular complexity index is 531. The zero-order chi connectivity index (χ0) is 18.5. The summed E-state index contributed by atoms with van der Waals surface area (Å²) in [6.45, 7) is 10.0. The standard InChI is InChI=1S/C20H33N3O3/c1-3-21-20(22-11-7-12-26-19-10-13-25-16-19)23-14-17-8-5-6-9-18(17)15-24-4-2/h5-6,8-9,19H,3-4,7,10-16H2,1-2H3,(H2,21,22,23). The van der Waals surface area contributed by atoms with Gasteiger partial charge >= 0.3 is 0 Å². The molecule has 1 aromatic rings. The van der Waals surface area contributed by atoms with Crippen LogP contribution in [-0.2, 0) is 27.4 Å². The van der Waals surface area contributed by atoms with E-state index in [1.807, 2.05) is 19.1 Å². The monoisotopic (exact) mass is 363 g/mol. The molecule has 6 nitrogen and oxygen atoms in total. The molecular formula is C20H33N3O3. The van der Waals surface area contributed by atoms with Crippen LogP contribution in [0.4, 0.5) is 0 Å². The molecule has 1 aromatic carbocycles. The minimum absolute atomic E-state index is 0.277. The molecule has 1 fully saturated rings. The summed E-state index contributed by atoms with van der Waals surface area (Å²) in [6, 6.07) is 8.30. The van der Waals surface area contributed by atoms with Crippen LogP contribution in [0.2, 0.25) is 0 Å². The van der Waals surface area contributed by atoms with Gasteiger partial charge in [-0.3, -0.25) is 0 Å². The summed E-state index contributed by atoms with van der Waals surface area (Å²) in [5.74, 6) is 0.836. The summed E-state index contributed by atoms with van der Waals surface area (Å²) in [4.78, 5) is 4.71. The third-order valence-corrected chi connectivity index (χ3v) is 4.19. The number of ether oxygens (including phenoxy) is 3. The van der Waals surface area contributed by atoms with Gasteiger partial charge in [-0.2, -0.15) is 0 Å². The molecule has 2 rings (SSSR count). The van der Waals surface area contributed by atoms with Crippen LogP contribution >= 0.6 is 0 Å². The molecule has 1 unspecified atom stereocenters. The lowest BCUT2D eigenvalue weighted by Gasteiger charge is -2.13. The Morgan fingerprint density at radius 3 is 2.81 bits per heavy atom. The van der Waals surface area contributed by atoms with Crippen LogP contribution in [0.3, 0.4) is 0 Å². The molecule has 1 atom stereocenters. The molecule has 0 saturated carbocycles. The Labute approximate surface area is 157 Å². The van der Waals surface area contributed by atoms with Crippen molar-refractivity contribution in [1.29, 1.82) is 0 Å².